The van der Waals surface area contributed by atoms with E-state index < -0.39 is 72.6 Å². The number of nitriles is 1. The summed E-state index contributed by atoms with van der Waals surface area (Å²) in [5.41, 5.74) is -8.41. The first-order chi connectivity index (χ1) is 17.7. The lowest BCUT2D eigenvalue weighted by atomic mass is 10.2. The molecule has 3 rings (SSSR count). The second-order valence-corrected chi connectivity index (χ2v) is 9.70. The molecule has 208 valence electrons. The van der Waals surface area contributed by atoms with Crippen molar-refractivity contribution < 1.29 is 49.6 Å². The van der Waals surface area contributed by atoms with Crippen molar-refractivity contribution in [2.24, 2.45) is 0 Å². The standard InChI is InChI=1S/C20H16Cl2F6N4O5S/c21-11-7-10(19(23,24)25)8-12(22)15(11)32-17(16(13(9-29)31-32)38(34)20(26,27)28)30-18(33)37-6-5-36-14-3-1-2-4-35-14/h7-8,14H,1-6H2,(H,30,33). The van der Waals surface area contributed by atoms with Gasteiger partial charge in [-0.1, -0.05) is 23.2 Å². The van der Waals surface area contributed by atoms with E-state index in [-0.39, 0.29) is 13.2 Å². The van der Waals surface area contributed by atoms with Crippen LogP contribution in [0, 0.1) is 11.3 Å². The topological polar surface area (TPSA) is 115 Å². The minimum atomic E-state index is -5.42. The van der Waals surface area contributed by atoms with Gasteiger partial charge in [-0.2, -0.15) is 36.7 Å². The zero-order valence-corrected chi connectivity index (χ0v) is 21.1. The highest BCUT2D eigenvalue weighted by Gasteiger charge is 2.43. The average molecular weight is 609 g/mol. The van der Waals surface area contributed by atoms with Gasteiger partial charge in [0.15, 0.2) is 28.6 Å². The van der Waals surface area contributed by atoms with Crippen LogP contribution >= 0.6 is 23.2 Å². The van der Waals surface area contributed by atoms with E-state index in [1.54, 1.807) is 0 Å². The highest BCUT2D eigenvalue weighted by Crippen LogP contribution is 2.41. The number of amides is 1. The highest BCUT2D eigenvalue weighted by atomic mass is 35.5. The number of nitrogens with one attached hydrogen (secondary N) is 1. The summed E-state index contributed by atoms with van der Waals surface area (Å²) in [4.78, 5) is 11.1. The SMILES string of the molecule is N#Cc1nn(-c2c(Cl)cc(C(F)(F)F)cc2Cl)c(NC(=O)OCCOC2CCCCO2)c1S(=O)C(F)(F)F. The molecular weight excluding hydrogens is 593 g/mol. The number of rotatable bonds is 7. The van der Waals surface area contributed by atoms with Gasteiger partial charge in [0, 0.05) is 6.61 Å². The molecule has 1 saturated heterocycles. The van der Waals surface area contributed by atoms with E-state index in [1.165, 1.54) is 6.07 Å². The molecule has 2 unspecified atom stereocenters. The van der Waals surface area contributed by atoms with E-state index in [9.17, 15) is 40.6 Å². The average Bonchev–Trinajstić information content (AvgIpc) is 3.17. The van der Waals surface area contributed by atoms with Gasteiger partial charge in [0.1, 0.15) is 23.3 Å². The number of halogens is 8. The number of aromatic nitrogens is 2. The van der Waals surface area contributed by atoms with Crippen molar-refractivity contribution in [1.29, 1.82) is 5.26 Å². The number of alkyl halides is 6. The van der Waals surface area contributed by atoms with Crippen molar-refractivity contribution in [3.8, 4) is 11.8 Å². The van der Waals surface area contributed by atoms with Crippen molar-refractivity contribution in [2.75, 3.05) is 25.1 Å². The zero-order chi connectivity index (χ0) is 28.3. The molecule has 2 aromatic rings. The number of carbonyl (C=O) groups is 1. The van der Waals surface area contributed by atoms with Gasteiger partial charge in [-0.25, -0.2) is 13.7 Å². The third-order valence-electron chi connectivity index (χ3n) is 4.88. The number of nitrogens with zero attached hydrogens (tertiary/aromatic N) is 3. The van der Waals surface area contributed by atoms with Crippen LogP contribution in [0.1, 0.15) is 30.5 Å². The summed E-state index contributed by atoms with van der Waals surface area (Å²) < 4.78 is 108. The molecule has 0 bridgehead atoms. The summed E-state index contributed by atoms with van der Waals surface area (Å²) in [7, 11) is -3.92. The predicted octanol–water partition coefficient (Wildman–Crippen LogP) is 5.79. The van der Waals surface area contributed by atoms with Gasteiger partial charge < -0.3 is 14.2 Å². The molecule has 1 N–H and O–H groups in total. The molecule has 1 aliphatic heterocycles. The molecule has 2 atom stereocenters. The molecule has 1 amide bonds. The summed E-state index contributed by atoms with van der Waals surface area (Å²) in [6, 6.07) is 2.11. The van der Waals surface area contributed by atoms with E-state index in [4.69, 9.17) is 37.4 Å². The van der Waals surface area contributed by atoms with Crippen LogP contribution < -0.4 is 5.32 Å². The number of hydrogen-bond acceptors (Lipinski definition) is 7. The Kier molecular flexibility index (Phi) is 9.52. The molecule has 0 saturated carbocycles. The molecule has 38 heavy (non-hydrogen) atoms. The maximum absolute atomic E-state index is 13.4. The Morgan fingerprint density at radius 2 is 1.87 bits per heavy atom. The van der Waals surface area contributed by atoms with Crippen LogP contribution in [0.3, 0.4) is 0 Å². The third-order valence-corrected chi connectivity index (χ3v) is 6.63. The molecule has 9 nitrogen and oxygen atoms in total. The van der Waals surface area contributed by atoms with Crippen molar-refractivity contribution in [1.82, 2.24) is 9.78 Å². The largest absolute Gasteiger partial charge is 0.476 e. The van der Waals surface area contributed by atoms with E-state index in [0.717, 1.165) is 12.8 Å². The monoisotopic (exact) mass is 608 g/mol. The van der Waals surface area contributed by atoms with Gasteiger partial charge in [-0.3, -0.25) is 5.32 Å². The molecule has 1 aromatic heterocycles. The van der Waals surface area contributed by atoms with Gasteiger partial charge in [0.2, 0.25) is 0 Å². The van der Waals surface area contributed by atoms with Crippen molar-refractivity contribution in [3.63, 3.8) is 0 Å². The number of benzene rings is 1. The molecule has 0 aliphatic carbocycles. The molecule has 2 heterocycles. The minimum absolute atomic E-state index is 0.140. The minimum Gasteiger partial charge on any atom is -0.447 e. The fourth-order valence-corrected chi connectivity index (χ4v) is 4.71. The molecule has 0 spiro atoms. The van der Waals surface area contributed by atoms with Crippen molar-refractivity contribution in [3.05, 3.63) is 33.4 Å². The summed E-state index contributed by atoms with van der Waals surface area (Å²) in [6.07, 6.45) is -4.43. The summed E-state index contributed by atoms with van der Waals surface area (Å²) in [5.74, 6) is -1.01. The Bertz CT molecular complexity index is 1240. The van der Waals surface area contributed by atoms with Gasteiger partial charge in [0.25, 0.3) is 0 Å². The fourth-order valence-electron chi connectivity index (χ4n) is 3.26. The molecule has 1 fully saturated rings. The van der Waals surface area contributed by atoms with Crippen molar-refractivity contribution in [2.45, 2.75) is 42.1 Å². The number of anilines is 1. The van der Waals surface area contributed by atoms with Crippen LogP contribution in [-0.4, -0.2) is 51.7 Å². The normalized spacial score (nSPS) is 17.1. The van der Waals surface area contributed by atoms with Crippen LogP contribution in [0.4, 0.5) is 37.0 Å². The molecular formula is C20H16Cl2F6N4O5S. The summed E-state index contributed by atoms with van der Waals surface area (Å²) >= 11 is 11.9. The quantitative estimate of drug-likeness (QED) is 0.312. The van der Waals surface area contributed by atoms with Crippen LogP contribution in [0.25, 0.3) is 5.69 Å². The Labute approximate surface area is 223 Å². The molecule has 1 aliphatic rings. The maximum atomic E-state index is 13.4. The molecule has 0 radical (unpaired) electrons. The Hall–Kier alpha value is -2.58. The lowest BCUT2D eigenvalue weighted by molar-refractivity contribution is -0.166. The third kappa shape index (κ3) is 7.08. The summed E-state index contributed by atoms with van der Waals surface area (Å²) in [5, 5.41) is 13.3. The Morgan fingerprint density at radius 3 is 2.39 bits per heavy atom. The van der Waals surface area contributed by atoms with Crippen molar-refractivity contribution >= 4 is 45.9 Å². The fraction of sp³-hybridized carbons (Fsp3) is 0.450. The first-order valence-corrected chi connectivity index (χ1v) is 12.4. The Morgan fingerprint density at radius 1 is 1.21 bits per heavy atom. The van der Waals surface area contributed by atoms with E-state index in [0.29, 0.717) is 29.8 Å². The predicted molar refractivity (Wildman–Crippen MR) is 120 cm³/mol. The smallest absolute Gasteiger partial charge is 0.447 e. The second-order valence-electron chi connectivity index (χ2n) is 7.48. The van der Waals surface area contributed by atoms with Gasteiger partial charge in [-0.15, -0.1) is 0 Å². The van der Waals surface area contributed by atoms with E-state index in [1.807, 2.05) is 5.32 Å². The number of carbonyl (C=O) groups excluding carboxylic acids is 1. The van der Waals surface area contributed by atoms with Gasteiger partial charge >= 0.3 is 17.8 Å². The second kappa shape index (κ2) is 12.1. The number of hydrogen-bond donors (Lipinski definition) is 1. The molecule has 18 heteroatoms. The highest BCUT2D eigenvalue weighted by molar-refractivity contribution is 7.86. The van der Waals surface area contributed by atoms with Gasteiger partial charge in [0.05, 0.1) is 22.2 Å². The lowest BCUT2D eigenvalue weighted by Crippen LogP contribution is -2.26. The zero-order valence-electron chi connectivity index (χ0n) is 18.8. The van der Waals surface area contributed by atoms with Crippen LogP contribution in [0.15, 0.2) is 17.0 Å². The Balaban J connectivity index is 1.96. The first kappa shape index (κ1) is 30.0. The lowest BCUT2D eigenvalue weighted by Gasteiger charge is -2.22. The molecule has 1 aromatic carbocycles. The first-order valence-electron chi connectivity index (χ1n) is 10.5. The van der Waals surface area contributed by atoms with Gasteiger partial charge in [-0.05, 0) is 31.4 Å². The summed E-state index contributed by atoms with van der Waals surface area (Å²) in [6.45, 7) is -0.0332. The van der Waals surface area contributed by atoms with E-state index in [2.05, 4.69) is 5.10 Å². The van der Waals surface area contributed by atoms with E-state index >= 15 is 0 Å². The van der Waals surface area contributed by atoms with Crippen LogP contribution in [-0.2, 0) is 31.2 Å². The number of ether oxygens (including phenoxy) is 3. The maximum Gasteiger partial charge on any atom is 0.476 e. The van der Waals surface area contributed by atoms with Crippen LogP contribution in [0.5, 0.6) is 0 Å². The van der Waals surface area contributed by atoms with Crippen LogP contribution in [0.2, 0.25) is 10.0 Å².